The first-order valence-corrected chi connectivity index (χ1v) is 7.24. The number of hydrogen-bond acceptors (Lipinski definition) is 4. The normalized spacial score (nSPS) is 23.1. The molecule has 1 fully saturated rings. The Morgan fingerprint density at radius 1 is 1.26 bits per heavy atom. The Balaban J connectivity index is 2.10. The van der Waals surface area contributed by atoms with Gasteiger partial charge in [0.2, 0.25) is 0 Å². The largest absolute Gasteiger partial charge is 0.454 e. The molecule has 2 heterocycles. The monoisotopic (exact) mass is 323 g/mol. The molecular weight excluding hydrogens is 311 g/mol. The summed E-state index contributed by atoms with van der Waals surface area (Å²) in [7, 11) is 0. The van der Waals surface area contributed by atoms with Crippen molar-refractivity contribution >= 4 is 16.8 Å². The van der Waals surface area contributed by atoms with Gasteiger partial charge in [-0.3, -0.25) is 9.59 Å². The van der Waals surface area contributed by atoms with E-state index in [1.807, 2.05) is 0 Å². The zero-order chi connectivity index (χ0) is 16.4. The number of piperidine rings is 1. The molecule has 1 aliphatic heterocycles. The molecule has 120 valence electrons. The van der Waals surface area contributed by atoms with E-state index in [9.17, 15) is 22.8 Å². The van der Waals surface area contributed by atoms with E-state index in [1.54, 1.807) is 6.07 Å². The number of hydrogen-bond donors (Lipinski definition) is 2. The third-order valence-corrected chi connectivity index (χ3v) is 4.62. The van der Waals surface area contributed by atoms with Crippen molar-refractivity contribution in [3.8, 4) is 0 Å². The van der Waals surface area contributed by atoms with Crippen molar-refractivity contribution in [1.82, 2.24) is 15.3 Å². The molecule has 2 unspecified atom stereocenters. The minimum atomic E-state index is -4.98. The average Bonchev–Trinajstić information content (AvgIpc) is 2.74. The number of nitrogens with one attached hydrogen (secondary N) is 2. The van der Waals surface area contributed by atoms with Crippen LogP contribution in [0.3, 0.4) is 0 Å². The van der Waals surface area contributed by atoms with Crippen LogP contribution in [-0.2, 0) is 0 Å². The molecule has 4 rings (SSSR count). The number of carbonyl (C=O) groups excluding carboxylic acids is 1. The van der Waals surface area contributed by atoms with Crippen molar-refractivity contribution < 1.29 is 18.0 Å². The van der Waals surface area contributed by atoms with Crippen LogP contribution in [0.15, 0.2) is 17.1 Å². The number of alkyl halides is 3. The van der Waals surface area contributed by atoms with Gasteiger partial charge in [0.05, 0.1) is 22.8 Å². The van der Waals surface area contributed by atoms with E-state index in [2.05, 4.69) is 15.3 Å². The molecule has 8 heteroatoms. The highest BCUT2D eigenvalue weighted by Crippen LogP contribution is 2.47. The Bertz CT molecular complexity index is 888. The van der Waals surface area contributed by atoms with Crippen molar-refractivity contribution in [2.45, 2.75) is 24.4 Å². The molecule has 2 bridgehead atoms. The number of aromatic nitrogens is 2. The Labute approximate surface area is 127 Å². The topological polar surface area (TPSA) is 74.8 Å². The van der Waals surface area contributed by atoms with Crippen molar-refractivity contribution in [2.24, 2.45) is 0 Å². The second-order valence-corrected chi connectivity index (χ2v) is 6.01. The van der Waals surface area contributed by atoms with Crippen molar-refractivity contribution in [2.75, 3.05) is 13.1 Å². The second kappa shape index (κ2) is 4.64. The minimum absolute atomic E-state index is 0.0524. The number of carbonyl (C=O) groups is 1. The molecular formula is C15H12F3N3O2. The lowest BCUT2D eigenvalue weighted by atomic mass is 9.91. The van der Waals surface area contributed by atoms with E-state index in [1.165, 1.54) is 0 Å². The minimum Gasteiger partial charge on any atom is -0.319 e. The molecule has 2 N–H and O–H groups in total. The van der Waals surface area contributed by atoms with Gasteiger partial charge in [-0.15, -0.1) is 0 Å². The summed E-state index contributed by atoms with van der Waals surface area (Å²) in [6, 6.07) is 1.67. The standard InChI is InChI=1S/C15H12F3N3O2/c16-15(17,18)14(23)12-11-7-1-6(3-19-4-7)8(11)2-9-13(12)20-5-10(22)21-9/h2,5-7,19H,1,3-4H2,(H,21,22). The maximum Gasteiger partial charge on any atom is 0.454 e. The molecule has 2 aliphatic rings. The Kier molecular flexibility index (Phi) is 2.90. The van der Waals surface area contributed by atoms with Crippen LogP contribution in [0.2, 0.25) is 0 Å². The van der Waals surface area contributed by atoms with E-state index in [0.717, 1.165) is 6.20 Å². The smallest absolute Gasteiger partial charge is 0.319 e. The zero-order valence-corrected chi connectivity index (χ0v) is 11.8. The third-order valence-electron chi connectivity index (χ3n) is 4.62. The van der Waals surface area contributed by atoms with E-state index >= 15 is 0 Å². The van der Waals surface area contributed by atoms with Crippen LogP contribution in [0.1, 0.15) is 39.7 Å². The Morgan fingerprint density at radius 3 is 2.74 bits per heavy atom. The number of rotatable bonds is 1. The molecule has 23 heavy (non-hydrogen) atoms. The fourth-order valence-electron chi connectivity index (χ4n) is 3.77. The summed E-state index contributed by atoms with van der Waals surface area (Å²) >= 11 is 0. The van der Waals surface area contributed by atoms with Crippen LogP contribution >= 0.6 is 0 Å². The number of Topliss-reactive ketones (excluding diaryl/α,β-unsaturated/α-hetero) is 1. The molecule has 0 amide bonds. The summed E-state index contributed by atoms with van der Waals surface area (Å²) in [5.74, 6) is -1.98. The van der Waals surface area contributed by atoms with Gasteiger partial charge < -0.3 is 10.3 Å². The quantitative estimate of drug-likeness (QED) is 0.785. The lowest BCUT2D eigenvalue weighted by molar-refractivity contribution is -0.0884. The third kappa shape index (κ3) is 2.08. The highest BCUT2D eigenvalue weighted by Gasteiger charge is 2.46. The lowest BCUT2D eigenvalue weighted by Crippen LogP contribution is -2.29. The van der Waals surface area contributed by atoms with Gasteiger partial charge in [-0.1, -0.05) is 0 Å². The van der Waals surface area contributed by atoms with E-state index in [-0.39, 0.29) is 22.9 Å². The number of fused-ring (bicyclic) bond motifs is 6. The molecule has 0 saturated carbocycles. The summed E-state index contributed by atoms with van der Waals surface area (Å²) < 4.78 is 39.3. The first kappa shape index (κ1) is 14.4. The van der Waals surface area contributed by atoms with Crippen molar-refractivity contribution in [1.29, 1.82) is 0 Å². The molecule has 0 radical (unpaired) electrons. The van der Waals surface area contributed by atoms with Crippen LogP contribution in [0.4, 0.5) is 13.2 Å². The van der Waals surface area contributed by atoms with Gasteiger partial charge in [0.25, 0.3) is 11.3 Å². The molecule has 1 saturated heterocycles. The van der Waals surface area contributed by atoms with Crippen LogP contribution in [-0.4, -0.2) is 35.0 Å². The maximum atomic E-state index is 13.1. The second-order valence-electron chi connectivity index (χ2n) is 6.01. The predicted molar refractivity (Wildman–Crippen MR) is 75.7 cm³/mol. The first-order chi connectivity index (χ1) is 10.9. The number of aromatic amines is 1. The number of halogens is 3. The van der Waals surface area contributed by atoms with Gasteiger partial charge in [-0.05, 0) is 35.4 Å². The van der Waals surface area contributed by atoms with Gasteiger partial charge in [-0.25, -0.2) is 4.98 Å². The number of ketones is 1. The number of benzene rings is 1. The summed E-state index contributed by atoms with van der Waals surface area (Å²) in [5.41, 5.74) is 0.326. The lowest BCUT2D eigenvalue weighted by Gasteiger charge is -2.20. The molecule has 2 atom stereocenters. The van der Waals surface area contributed by atoms with Gasteiger partial charge in [0.1, 0.15) is 0 Å². The molecule has 0 spiro atoms. The van der Waals surface area contributed by atoms with Gasteiger partial charge >= 0.3 is 6.18 Å². The summed E-state index contributed by atoms with van der Waals surface area (Å²) in [6.45, 7) is 1.19. The molecule has 1 aliphatic carbocycles. The predicted octanol–water partition coefficient (Wildman–Crippen LogP) is 1.84. The van der Waals surface area contributed by atoms with Gasteiger partial charge in [0, 0.05) is 13.1 Å². The van der Waals surface area contributed by atoms with E-state index in [4.69, 9.17) is 0 Å². The van der Waals surface area contributed by atoms with Crippen LogP contribution in [0.5, 0.6) is 0 Å². The Morgan fingerprint density at radius 2 is 2.00 bits per heavy atom. The number of nitrogens with zero attached hydrogens (tertiary/aromatic N) is 1. The fourth-order valence-corrected chi connectivity index (χ4v) is 3.77. The fraction of sp³-hybridized carbons (Fsp3) is 0.400. The maximum absolute atomic E-state index is 13.1. The van der Waals surface area contributed by atoms with Crippen molar-refractivity contribution in [3.63, 3.8) is 0 Å². The SMILES string of the molecule is O=C(c1c2c(cc3[nH]c(=O)cnc13)C1CNCC2C1)C(F)(F)F. The highest BCUT2D eigenvalue weighted by atomic mass is 19.4. The highest BCUT2D eigenvalue weighted by molar-refractivity contribution is 6.10. The van der Waals surface area contributed by atoms with Crippen LogP contribution < -0.4 is 10.9 Å². The van der Waals surface area contributed by atoms with E-state index in [0.29, 0.717) is 30.6 Å². The molecule has 5 nitrogen and oxygen atoms in total. The van der Waals surface area contributed by atoms with Crippen LogP contribution in [0.25, 0.3) is 11.0 Å². The van der Waals surface area contributed by atoms with Gasteiger partial charge in [0.15, 0.2) is 0 Å². The van der Waals surface area contributed by atoms with Crippen molar-refractivity contribution in [3.05, 3.63) is 39.3 Å². The summed E-state index contributed by atoms with van der Waals surface area (Å²) in [6.07, 6.45) is -3.37. The zero-order valence-electron chi connectivity index (χ0n) is 11.8. The van der Waals surface area contributed by atoms with Gasteiger partial charge in [-0.2, -0.15) is 13.2 Å². The molecule has 1 aromatic carbocycles. The number of H-pyrrole nitrogens is 1. The molecule has 2 aromatic rings. The van der Waals surface area contributed by atoms with Crippen LogP contribution in [0, 0.1) is 0 Å². The summed E-state index contributed by atoms with van der Waals surface area (Å²) in [4.78, 5) is 29.8. The Hall–Kier alpha value is -2.22. The first-order valence-electron chi connectivity index (χ1n) is 7.24. The molecule has 1 aromatic heterocycles. The average molecular weight is 323 g/mol. The summed E-state index contributed by atoms with van der Waals surface area (Å²) in [5, 5.41) is 3.18. The van der Waals surface area contributed by atoms with E-state index < -0.39 is 23.1 Å².